The first kappa shape index (κ1) is 12.4. The molecule has 1 aromatic rings. The van der Waals surface area contributed by atoms with Gasteiger partial charge in [0, 0.05) is 30.5 Å². The quantitative estimate of drug-likeness (QED) is 0.860. The summed E-state index contributed by atoms with van der Waals surface area (Å²) in [5.74, 6) is 0.254. The Hall–Kier alpha value is -1.07. The first-order chi connectivity index (χ1) is 8.20. The van der Waals surface area contributed by atoms with E-state index < -0.39 is 0 Å². The summed E-state index contributed by atoms with van der Waals surface area (Å²) in [7, 11) is 0. The van der Waals surface area contributed by atoms with Crippen molar-refractivity contribution in [2.24, 2.45) is 5.92 Å². The van der Waals surface area contributed by atoms with Crippen LogP contribution in [0.3, 0.4) is 0 Å². The molecule has 4 nitrogen and oxygen atoms in total. The molecule has 1 aliphatic heterocycles. The van der Waals surface area contributed by atoms with Crippen LogP contribution in [0.1, 0.15) is 16.9 Å². The molecule has 1 aromatic heterocycles. The van der Waals surface area contributed by atoms with Crippen LogP contribution in [0.2, 0.25) is 0 Å². The average Bonchev–Trinajstić information content (AvgIpc) is 2.94. The molecule has 2 N–H and O–H groups in total. The molecule has 1 aliphatic rings. The maximum atomic E-state index is 11.9. The monoisotopic (exact) mass is 254 g/mol. The highest BCUT2D eigenvalue weighted by atomic mass is 32.1. The average molecular weight is 254 g/mol. The summed E-state index contributed by atoms with van der Waals surface area (Å²) in [5.41, 5.74) is 1.23. The summed E-state index contributed by atoms with van der Waals surface area (Å²) >= 11 is 1.67. The van der Waals surface area contributed by atoms with Gasteiger partial charge in [-0.05, 0) is 30.4 Å². The molecular weight excluding hydrogens is 236 g/mol. The van der Waals surface area contributed by atoms with Crippen molar-refractivity contribution in [2.75, 3.05) is 19.7 Å². The lowest BCUT2D eigenvalue weighted by Crippen LogP contribution is -2.38. The van der Waals surface area contributed by atoms with Gasteiger partial charge in [0.05, 0.1) is 6.54 Å². The molecule has 2 heterocycles. The summed E-state index contributed by atoms with van der Waals surface area (Å²) in [4.78, 5) is 14.8. The number of aliphatic hydroxyl groups is 1. The second-order valence-corrected chi connectivity index (χ2v) is 5.47. The van der Waals surface area contributed by atoms with E-state index in [0.717, 1.165) is 13.0 Å². The van der Waals surface area contributed by atoms with Gasteiger partial charge < -0.3 is 15.3 Å². The second-order valence-electron chi connectivity index (χ2n) is 4.47. The molecule has 2 rings (SSSR count). The molecule has 1 atom stereocenters. The number of nitrogens with zero attached hydrogens (tertiary/aromatic N) is 1. The van der Waals surface area contributed by atoms with Gasteiger partial charge in [-0.15, -0.1) is 11.3 Å². The standard InChI is InChI=1S/C12H18N2O2S/c1-9-3-5-17-11(9)6-13-12(16)14-4-2-10(7-14)8-15/h3,5,10,15H,2,4,6-8H2,1H3,(H,13,16). The van der Waals surface area contributed by atoms with E-state index >= 15 is 0 Å². The highest BCUT2D eigenvalue weighted by Crippen LogP contribution is 2.17. The zero-order valence-corrected chi connectivity index (χ0v) is 10.8. The van der Waals surface area contributed by atoms with Gasteiger partial charge in [0.1, 0.15) is 0 Å². The van der Waals surface area contributed by atoms with Crippen molar-refractivity contribution in [1.29, 1.82) is 0 Å². The van der Waals surface area contributed by atoms with Crippen LogP contribution in [0.5, 0.6) is 0 Å². The van der Waals surface area contributed by atoms with E-state index in [4.69, 9.17) is 5.11 Å². The summed E-state index contributed by atoms with van der Waals surface area (Å²) in [5, 5.41) is 14.0. The fourth-order valence-corrected chi connectivity index (χ4v) is 2.86. The first-order valence-corrected chi connectivity index (χ1v) is 6.75. The van der Waals surface area contributed by atoms with Crippen LogP contribution in [0.15, 0.2) is 11.4 Å². The van der Waals surface area contributed by atoms with E-state index in [2.05, 4.69) is 18.3 Å². The van der Waals surface area contributed by atoms with E-state index in [1.54, 1.807) is 16.2 Å². The summed E-state index contributed by atoms with van der Waals surface area (Å²) in [6.07, 6.45) is 0.905. The van der Waals surface area contributed by atoms with Crippen LogP contribution < -0.4 is 5.32 Å². The van der Waals surface area contributed by atoms with Crippen molar-refractivity contribution in [2.45, 2.75) is 19.9 Å². The number of hydrogen-bond acceptors (Lipinski definition) is 3. The number of carbonyl (C=O) groups excluding carboxylic acids is 1. The minimum absolute atomic E-state index is 0.0197. The largest absolute Gasteiger partial charge is 0.396 e. The number of hydrogen-bond donors (Lipinski definition) is 2. The molecule has 17 heavy (non-hydrogen) atoms. The molecule has 0 saturated carbocycles. The maximum absolute atomic E-state index is 11.9. The minimum atomic E-state index is -0.0197. The number of nitrogens with one attached hydrogen (secondary N) is 1. The zero-order valence-electron chi connectivity index (χ0n) is 9.98. The Balaban J connectivity index is 1.80. The lowest BCUT2D eigenvalue weighted by Gasteiger charge is -2.16. The Morgan fingerprint density at radius 1 is 1.71 bits per heavy atom. The lowest BCUT2D eigenvalue weighted by atomic mass is 10.1. The number of aliphatic hydroxyl groups excluding tert-OH is 1. The molecule has 0 spiro atoms. The first-order valence-electron chi connectivity index (χ1n) is 5.87. The van der Waals surface area contributed by atoms with Gasteiger partial charge in [-0.25, -0.2) is 4.79 Å². The van der Waals surface area contributed by atoms with Gasteiger partial charge in [-0.2, -0.15) is 0 Å². The number of aryl methyl sites for hydroxylation is 1. The number of amides is 2. The maximum Gasteiger partial charge on any atom is 0.317 e. The van der Waals surface area contributed by atoms with E-state index in [-0.39, 0.29) is 18.6 Å². The highest BCUT2D eigenvalue weighted by molar-refractivity contribution is 7.10. The lowest BCUT2D eigenvalue weighted by molar-refractivity contribution is 0.198. The van der Waals surface area contributed by atoms with Crippen molar-refractivity contribution in [3.63, 3.8) is 0 Å². The van der Waals surface area contributed by atoms with Crippen molar-refractivity contribution in [1.82, 2.24) is 10.2 Å². The van der Waals surface area contributed by atoms with Crippen LogP contribution >= 0.6 is 11.3 Å². The molecule has 0 bridgehead atoms. The molecule has 0 radical (unpaired) electrons. The number of carbonyl (C=O) groups is 1. The minimum Gasteiger partial charge on any atom is -0.396 e. The van der Waals surface area contributed by atoms with E-state index in [1.807, 2.05) is 5.38 Å². The SMILES string of the molecule is Cc1ccsc1CNC(=O)N1CCC(CO)C1. The smallest absolute Gasteiger partial charge is 0.317 e. The second kappa shape index (κ2) is 5.51. The Bertz CT molecular complexity index is 392. The van der Waals surface area contributed by atoms with E-state index in [1.165, 1.54) is 10.4 Å². The molecule has 0 aromatic carbocycles. The highest BCUT2D eigenvalue weighted by Gasteiger charge is 2.25. The fraction of sp³-hybridized carbons (Fsp3) is 0.583. The Morgan fingerprint density at radius 3 is 3.12 bits per heavy atom. The molecular formula is C12H18N2O2S. The third kappa shape index (κ3) is 2.98. The van der Waals surface area contributed by atoms with Crippen LogP contribution in [0.25, 0.3) is 0 Å². The van der Waals surface area contributed by atoms with Crippen molar-refractivity contribution in [3.05, 3.63) is 21.9 Å². The van der Waals surface area contributed by atoms with Crippen molar-refractivity contribution >= 4 is 17.4 Å². The number of rotatable bonds is 3. The predicted octanol–water partition coefficient (Wildman–Crippen LogP) is 1.58. The zero-order chi connectivity index (χ0) is 12.3. The Labute approximate surface area is 105 Å². The molecule has 1 saturated heterocycles. The van der Waals surface area contributed by atoms with Gasteiger partial charge in [0.25, 0.3) is 0 Å². The van der Waals surface area contributed by atoms with Crippen LogP contribution in [-0.4, -0.2) is 35.7 Å². The predicted molar refractivity (Wildman–Crippen MR) is 68.1 cm³/mol. The van der Waals surface area contributed by atoms with Crippen molar-refractivity contribution < 1.29 is 9.90 Å². The molecule has 5 heteroatoms. The molecule has 94 valence electrons. The van der Waals surface area contributed by atoms with E-state index in [9.17, 15) is 4.79 Å². The number of urea groups is 1. The molecule has 1 fully saturated rings. The van der Waals surface area contributed by atoms with Gasteiger partial charge >= 0.3 is 6.03 Å². The third-order valence-electron chi connectivity index (χ3n) is 3.20. The number of likely N-dealkylation sites (tertiary alicyclic amines) is 1. The van der Waals surface area contributed by atoms with E-state index in [0.29, 0.717) is 13.1 Å². The van der Waals surface area contributed by atoms with Gasteiger partial charge in [-0.1, -0.05) is 0 Å². The third-order valence-corrected chi connectivity index (χ3v) is 4.22. The van der Waals surface area contributed by atoms with Gasteiger partial charge in [0.15, 0.2) is 0 Å². The number of thiophene rings is 1. The summed E-state index contributed by atoms with van der Waals surface area (Å²) in [6.45, 7) is 4.25. The Kier molecular flexibility index (Phi) is 4.02. The van der Waals surface area contributed by atoms with Crippen molar-refractivity contribution in [3.8, 4) is 0 Å². The normalized spacial score (nSPS) is 19.6. The molecule has 2 amide bonds. The van der Waals surface area contributed by atoms with Crippen LogP contribution in [0, 0.1) is 12.8 Å². The topological polar surface area (TPSA) is 52.6 Å². The van der Waals surface area contributed by atoms with Crippen LogP contribution in [0.4, 0.5) is 4.79 Å². The van der Waals surface area contributed by atoms with Gasteiger partial charge in [-0.3, -0.25) is 0 Å². The van der Waals surface area contributed by atoms with Crippen LogP contribution in [-0.2, 0) is 6.54 Å². The van der Waals surface area contributed by atoms with Gasteiger partial charge in [0.2, 0.25) is 0 Å². The summed E-state index contributed by atoms with van der Waals surface area (Å²) < 4.78 is 0. The summed E-state index contributed by atoms with van der Waals surface area (Å²) in [6, 6.07) is 2.04. The Morgan fingerprint density at radius 2 is 2.53 bits per heavy atom. The molecule has 0 aliphatic carbocycles. The fourth-order valence-electron chi connectivity index (χ4n) is 2.02. The molecule has 1 unspecified atom stereocenters.